The van der Waals surface area contributed by atoms with Crippen LogP contribution in [-0.4, -0.2) is 14.6 Å². The van der Waals surface area contributed by atoms with Crippen LogP contribution in [0.3, 0.4) is 0 Å². The molecule has 1 aliphatic rings. The molecule has 19 heavy (non-hydrogen) atoms. The molecular formula is C14H17N5. The fourth-order valence-corrected chi connectivity index (χ4v) is 2.85. The van der Waals surface area contributed by atoms with Gasteiger partial charge in [-0.2, -0.15) is 10.4 Å². The van der Waals surface area contributed by atoms with Crippen LogP contribution in [0.1, 0.15) is 49.4 Å². The first kappa shape index (κ1) is 12.1. The van der Waals surface area contributed by atoms with Crippen molar-refractivity contribution >= 4 is 5.65 Å². The van der Waals surface area contributed by atoms with Gasteiger partial charge in [-0.1, -0.05) is 19.3 Å². The second kappa shape index (κ2) is 4.98. The number of fused-ring (bicyclic) bond motifs is 1. The first-order valence-electron chi connectivity index (χ1n) is 6.79. The number of aromatic nitrogens is 3. The summed E-state index contributed by atoms with van der Waals surface area (Å²) in [5, 5.41) is 13.0. The average molecular weight is 255 g/mol. The topological polar surface area (TPSA) is 80.0 Å². The van der Waals surface area contributed by atoms with Gasteiger partial charge in [0.05, 0.1) is 29.7 Å². The minimum atomic E-state index is -0.0208. The number of nitriles is 1. The molecule has 2 aromatic rings. The largest absolute Gasteiger partial charge is 0.322 e. The highest BCUT2D eigenvalue weighted by Crippen LogP contribution is 2.32. The Morgan fingerprint density at radius 2 is 2.16 bits per heavy atom. The molecule has 5 nitrogen and oxygen atoms in total. The van der Waals surface area contributed by atoms with Crippen molar-refractivity contribution in [2.75, 3.05) is 0 Å². The van der Waals surface area contributed by atoms with Crippen LogP contribution in [-0.2, 0) is 0 Å². The van der Waals surface area contributed by atoms with Crippen molar-refractivity contribution in [2.24, 2.45) is 11.7 Å². The molecule has 1 fully saturated rings. The predicted molar refractivity (Wildman–Crippen MR) is 71.2 cm³/mol. The number of hydrogen-bond donors (Lipinski definition) is 1. The molecule has 3 rings (SSSR count). The van der Waals surface area contributed by atoms with Gasteiger partial charge in [0.2, 0.25) is 0 Å². The Balaban J connectivity index is 1.90. The number of hydrogen-bond acceptors (Lipinski definition) is 4. The van der Waals surface area contributed by atoms with E-state index in [1.54, 1.807) is 16.8 Å². The van der Waals surface area contributed by atoms with Crippen LogP contribution in [0.2, 0.25) is 0 Å². The lowest BCUT2D eigenvalue weighted by atomic mass is 9.83. The molecule has 0 aromatic carbocycles. The summed E-state index contributed by atoms with van der Waals surface area (Å²) >= 11 is 0. The van der Waals surface area contributed by atoms with Gasteiger partial charge >= 0.3 is 0 Å². The van der Waals surface area contributed by atoms with Gasteiger partial charge in [-0.05, 0) is 18.8 Å². The Morgan fingerprint density at radius 3 is 2.89 bits per heavy atom. The Bertz CT molecular complexity index is 618. The summed E-state index contributed by atoms with van der Waals surface area (Å²) in [6, 6.07) is 3.79. The van der Waals surface area contributed by atoms with Gasteiger partial charge in [-0.25, -0.2) is 9.50 Å². The van der Waals surface area contributed by atoms with Crippen LogP contribution >= 0.6 is 0 Å². The van der Waals surface area contributed by atoms with E-state index in [1.807, 2.05) is 6.20 Å². The maximum Gasteiger partial charge on any atom is 0.155 e. The molecule has 1 aliphatic carbocycles. The standard InChI is InChI=1S/C14H17N5/c15-7-10-6-13-18-12(9-19(13)17-8-10)14(16)11-4-2-1-3-5-11/h6,8-9,11,14H,1-5,16H2. The molecule has 1 unspecified atom stereocenters. The third kappa shape index (κ3) is 2.32. The van der Waals surface area contributed by atoms with Crippen LogP contribution < -0.4 is 5.73 Å². The molecular weight excluding hydrogens is 238 g/mol. The van der Waals surface area contributed by atoms with Crippen molar-refractivity contribution in [1.29, 1.82) is 5.26 Å². The maximum absolute atomic E-state index is 8.87. The summed E-state index contributed by atoms with van der Waals surface area (Å²) in [7, 11) is 0. The van der Waals surface area contributed by atoms with Crippen molar-refractivity contribution in [3.8, 4) is 6.07 Å². The van der Waals surface area contributed by atoms with Crippen LogP contribution in [0.4, 0.5) is 0 Å². The summed E-state index contributed by atoms with van der Waals surface area (Å²) in [6.07, 6.45) is 9.66. The molecule has 2 aromatic heterocycles. The van der Waals surface area contributed by atoms with E-state index >= 15 is 0 Å². The number of rotatable bonds is 2. The lowest BCUT2D eigenvalue weighted by Crippen LogP contribution is -2.23. The van der Waals surface area contributed by atoms with Gasteiger partial charge in [-0.3, -0.25) is 0 Å². The Morgan fingerprint density at radius 1 is 1.37 bits per heavy atom. The second-order valence-electron chi connectivity index (χ2n) is 5.25. The monoisotopic (exact) mass is 255 g/mol. The Hall–Kier alpha value is -1.93. The zero-order chi connectivity index (χ0) is 13.2. The van der Waals surface area contributed by atoms with Gasteiger partial charge in [0, 0.05) is 6.07 Å². The first-order chi connectivity index (χ1) is 9.28. The van der Waals surface area contributed by atoms with E-state index in [-0.39, 0.29) is 6.04 Å². The normalized spacial score (nSPS) is 18.3. The molecule has 98 valence electrons. The van der Waals surface area contributed by atoms with Gasteiger partial charge in [0.25, 0.3) is 0 Å². The van der Waals surface area contributed by atoms with E-state index in [2.05, 4.69) is 16.2 Å². The highest BCUT2D eigenvalue weighted by Gasteiger charge is 2.23. The molecule has 2 N–H and O–H groups in total. The highest BCUT2D eigenvalue weighted by atomic mass is 15.2. The smallest absolute Gasteiger partial charge is 0.155 e. The molecule has 0 amide bonds. The number of nitrogens with zero attached hydrogens (tertiary/aromatic N) is 4. The fourth-order valence-electron chi connectivity index (χ4n) is 2.85. The van der Waals surface area contributed by atoms with Crippen LogP contribution in [0.15, 0.2) is 18.5 Å². The van der Waals surface area contributed by atoms with E-state index < -0.39 is 0 Å². The summed E-state index contributed by atoms with van der Waals surface area (Å²) in [5.74, 6) is 0.522. The van der Waals surface area contributed by atoms with Gasteiger partial charge < -0.3 is 5.73 Å². The minimum Gasteiger partial charge on any atom is -0.322 e. The van der Waals surface area contributed by atoms with Crippen molar-refractivity contribution in [3.63, 3.8) is 0 Å². The molecule has 0 bridgehead atoms. The second-order valence-corrected chi connectivity index (χ2v) is 5.25. The Kier molecular flexibility index (Phi) is 3.18. The Labute approximate surface area is 112 Å². The zero-order valence-electron chi connectivity index (χ0n) is 10.8. The maximum atomic E-state index is 8.87. The van der Waals surface area contributed by atoms with Crippen LogP contribution in [0.5, 0.6) is 0 Å². The zero-order valence-corrected chi connectivity index (χ0v) is 10.8. The summed E-state index contributed by atoms with van der Waals surface area (Å²) in [4.78, 5) is 4.52. The SMILES string of the molecule is N#Cc1cnn2cc(C(N)C3CCCCC3)nc2c1. The van der Waals surface area contributed by atoms with Crippen molar-refractivity contribution < 1.29 is 0 Å². The molecule has 0 radical (unpaired) electrons. The molecule has 0 saturated heterocycles. The fraction of sp³-hybridized carbons (Fsp3) is 0.500. The quantitative estimate of drug-likeness (QED) is 0.891. The minimum absolute atomic E-state index is 0.0208. The van der Waals surface area contributed by atoms with E-state index in [1.165, 1.54) is 32.1 Å². The lowest BCUT2D eigenvalue weighted by molar-refractivity contribution is 0.305. The summed E-state index contributed by atoms with van der Waals surface area (Å²) in [5.41, 5.74) is 8.44. The van der Waals surface area contributed by atoms with E-state index in [0.29, 0.717) is 17.1 Å². The molecule has 5 heteroatoms. The van der Waals surface area contributed by atoms with E-state index in [0.717, 1.165) is 5.69 Å². The van der Waals surface area contributed by atoms with Crippen LogP contribution in [0.25, 0.3) is 5.65 Å². The number of nitrogens with two attached hydrogens (primary N) is 1. The lowest BCUT2D eigenvalue weighted by Gasteiger charge is -2.26. The van der Waals surface area contributed by atoms with Gasteiger partial charge in [0.1, 0.15) is 6.07 Å². The van der Waals surface area contributed by atoms with Gasteiger partial charge in [-0.15, -0.1) is 0 Å². The van der Waals surface area contributed by atoms with Crippen molar-refractivity contribution in [3.05, 3.63) is 29.7 Å². The molecule has 2 heterocycles. The molecule has 1 atom stereocenters. The number of imidazole rings is 1. The third-order valence-electron chi connectivity index (χ3n) is 3.97. The average Bonchev–Trinajstić information content (AvgIpc) is 2.90. The van der Waals surface area contributed by atoms with Gasteiger partial charge in [0.15, 0.2) is 5.65 Å². The van der Waals surface area contributed by atoms with E-state index in [9.17, 15) is 0 Å². The van der Waals surface area contributed by atoms with E-state index in [4.69, 9.17) is 11.0 Å². The van der Waals surface area contributed by atoms with Crippen LogP contribution in [0, 0.1) is 17.2 Å². The predicted octanol–water partition coefficient (Wildman–Crippen LogP) is 2.18. The third-order valence-corrected chi connectivity index (χ3v) is 3.97. The highest BCUT2D eigenvalue weighted by molar-refractivity contribution is 5.44. The first-order valence-corrected chi connectivity index (χ1v) is 6.79. The summed E-state index contributed by atoms with van der Waals surface area (Å²) < 4.78 is 1.69. The molecule has 1 saturated carbocycles. The molecule has 0 spiro atoms. The van der Waals surface area contributed by atoms with Crippen molar-refractivity contribution in [1.82, 2.24) is 14.6 Å². The summed E-state index contributed by atoms with van der Waals surface area (Å²) in [6.45, 7) is 0. The molecule has 0 aliphatic heterocycles. The van der Waals surface area contributed by atoms with Crippen molar-refractivity contribution in [2.45, 2.75) is 38.1 Å².